The summed E-state index contributed by atoms with van der Waals surface area (Å²) < 4.78 is 16.6. The van der Waals surface area contributed by atoms with Crippen molar-refractivity contribution in [1.29, 1.82) is 0 Å². The van der Waals surface area contributed by atoms with Gasteiger partial charge in [-0.3, -0.25) is 9.59 Å². The molecule has 1 aliphatic rings. The molecule has 1 rings (SSSR count). The van der Waals surface area contributed by atoms with Gasteiger partial charge in [0.05, 0.1) is 32.0 Å². The van der Waals surface area contributed by atoms with E-state index in [-0.39, 0.29) is 18.5 Å². The van der Waals surface area contributed by atoms with E-state index in [9.17, 15) is 35.1 Å². The van der Waals surface area contributed by atoms with Gasteiger partial charge in [-0.05, 0) is 70.6 Å². The maximum Gasteiger partial charge on any atom is 0.305 e. The van der Waals surface area contributed by atoms with Crippen molar-refractivity contribution in [3.63, 3.8) is 0 Å². The smallest absolute Gasteiger partial charge is 0.305 e. The molecule has 11 nitrogen and oxygen atoms in total. The summed E-state index contributed by atoms with van der Waals surface area (Å²) in [5.74, 6) is -0.217. The molecule has 1 saturated heterocycles. The summed E-state index contributed by atoms with van der Waals surface area (Å²) in [7, 11) is 0. The lowest BCUT2D eigenvalue weighted by molar-refractivity contribution is -0.302. The van der Waals surface area contributed by atoms with E-state index in [2.05, 4.69) is 43.5 Å². The first kappa shape index (κ1) is 62.9. The Labute approximate surface area is 409 Å². The van der Waals surface area contributed by atoms with Crippen molar-refractivity contribution in [3.8, 4) is 0 Å². The summed E-state index contributed by atoms with van der Waals surface area (Å²) in [6.45, 7) is 4.24. The van der Waals surface area contributed by atoms with E-state index >= 15 is 0 Å². The van der Waals surface area contributed by atoms with Crippen LogP contribution >= 0.6 is 0 Å². The summed E-state index contributed by atoms with van der Waals surface area (Å²) in [5, 5.41) is 54.1. The van der Waals surface area contributed by atoms with Crippen LogP contribution in [0.4, 0.5) is 0 Å². The number of esters is 1. The molecule has 392 valence electrons. The number of aliphatic hydroxyl groups is 5. The Hall–Kier alpha value is -2.12. The van der Waals surface area contributed by atoms with Crippen molar-refractivity contribution in [2.45, 2.75) is 288 Å². The highest BCUT2D eigenvalue weighted by Gasteiger charge is 2.44. The molecule has 0 aromatic rings. The van der Waals surface area contributed by atoms with Gasteiger partial charge in [-0.2, -0.15) is 0 Å². The normalized spacial score (nSPS) is 19.8. The molecule has 6 N–H and O–H groups in total. The maximum absolute atomic E-state index is 13.0. The number of aliphatic hydroxyl groups excluding tert-OH is 5. The molecule has 0 aromatic heterocycles. The second kappa shape index (κ2) is 46.3. The molecule has 0 spiro atoms. The Morgan fingerprint density at radius 2 is 0.970 bits per heavy atom. The maximum atomic E-state index is 13.0. The van der Waals surface area contributed by atoms with Crippen LogP contribution < -0.4 is 5.32 Å². The molecule has 1 fully saturated rings. The van der Waals surface area contributed by atoms with Crippen LogP contribution in [0.1, 0.15) is 245 Å². The highest BCUT2D eigenvalue weighted by atomic mass is 16.7. The third kappa shape index (κ3) is 36.5. The summed E-state index contributed by atoms with van der Waals surface area (Å²) in [6, 6.07) is -0.833. The van der Waals surface area contributed by atoms with E-state index in [0.717, 1.165) is 83.5 Å². The van der Waals surface area contributed by atoms with Crippen LogP contribution in [0.2, 0.25) is 0 Å². The topological polar surface area (TPSA) is 175 Å². The molecule has 1 amide bonds. The minimum absolute atomic E-state index is 0.0125. The molecule has 67 heavy (non-hydrogen) atoms. The zero-order valence-electron chi connectivity index (χ0n) is 42.9. The molecular formula is C56H103NO10. The van der Waals surface area contributed by atoms with Crippen molar-refractivity contribution in [2.24, 2.45) is 0 Å². The number of amides is 1. The van der Waals surface area contributed by atoms with Gasteiger partial charge in [-0.25, -0.2) is 0 Å². The lowest BCUT2D eigenvalue weighted by atomic mass is 9.99. The predicted octanol–water partition coefficient (Wildman–Crippen LogP) is 11.9. The monoisotopic (exact) mass is 950 g/mol. The molecule has 7 unspecified atom stereocenters. The molecule has 7 atom stereocenters. The molecular weight excluding hydrogens is 847 g/mol. The Bertz CT molecular complexity index is 1210. The van der Waals surface area contributed by atoms with Gasteiger partial charge in [0, 0.05) is 12.8 Å². The van der Waals surface area contributed by atoms with Crippen molar-refractivity contribution in [1.82, 2.24) is 5.32 Å². The van der Waals surface area contributed by atoms with Crippen molar-refractivity contribution >= 4 is 11.9 Å². The van der Waals surface area contributed by atoms with Crippen LogP contribution in [0.3, 0.4) is 0 Å². The quantitative estimate of drug-likeness (QED) is 0.0196. The van der Waals surface area contributed by atoms with Crippen molar-refractivity contribution in [3.05, 3.63) is 36.5 Å². The minimum atomic E-state index is -1.58. The van der Waals surface area contributed by atoms with Gasteiger partial charge in [0.2, 0.25) is 5.91 Å². The molecule has 0 bridgehead atoms. The fourth-order valence-corrected chi connectivity index (χ4v) is 8.50. The zero-order valence-corrected chi connectivity index (χ0v) is 42.9. The van der Waals surface area contributed by atoms with Gasteiger partial charge >= 0.3 is 5.97 Å². The van der Waals surface area contributed by atoms with E-state index < -0.39 is 49.5 Å². The first-order chi connectivity index (χ1) is 32.7. The van der Waals surface area contributed by atoms with Gasteiger partial charge < -0.3 is 45.1 Å². The molecule has 0 aromatic carbocycles. The lowest BCUT2D eigenvalue weighted by Gasteiger charge is -2.40. The van der Waals surface area contributed by atoms with Gasteiger partial charge in [0.15, 0.2) is 6.29 Å². The van der Waals surface area contributed by atoms with Gasteiger partial charge in [0.1, 0.15) is 24.4 Å². The molecule has 0 aliphatic carbocycles. The van der Waals surface area contributed by atoms with Gasteiger partial charge in [-0.1, -0.05) is 198 Å². The molecule has 0 radical (unpaired) electrons. The van der Waals surface area contributed by atoms with E-state index in [1.807, 2.05) is 6.08 Å². The first-order valence-corrected chi connectivity index (χ1v) is 27.8. The molecule has 1 heterocycles. The molecule has 1 aliphatic heterocycles. The summed E-state index contributed by atoms with van der Waals surface area (Å²) >= 11 is 0. The van der Waals surface area contributed by atoms with Crippen molar-refractivity contribution in [2.75, 3.05) is 19.8 Å². The average Bonchev–Trinajstić information content (AvgIpc) is 3.32. The Kier molecular flexibility index (Phi) is 43.4. The first-order valence-electron chi connectivity index (χ1n) is 27.8. The van der Waals surface area contributed by atoms with E-state index in [0.29, 0.717) is 19.4 Å². The van der Waals surface area contributed by atoms with E-state index in [1.165, 1.54) is 135 Å². The Balaban J connectivity index is 2.08. The number of nitrogens with one attached hydrogen (secondary N) is 1. The van der Waals surface area contributed by atoms with Crippen LogP contribution in [0.5, 0.6) is 0 Å². The highest BCUT2D eigenvalue weighted by Crippen LogP contribution is 2.23. The third-order valence-electron chi connectivity index (χ3n) is 13.0. The molecule has 0 saturated carbocycles. The average molecular weight is 950 g/mol. The van der Waals surface area contributed by atoms with Crippen LogP contribution in [0.25, 0.3) is 0 Å². The fraction of sp³-hybridized carbons (Fsp3) is 0.857. The number of allylic oxidation sites excluding steroid dienone is 5. The minimum Gasteiger partial charge on any atom is -0.466 e. The second-order valence-corrected chi connectivity index (χ2v) is 19.3. The van der Waals surface area contributed by atoms with Crippen molar-refractivity contribution < 1.29 is 49.3 Å². The standard InChI is InChI=1S/C56H103NO10/c1-3-5-7-9-11-13-23-28-32-36-40-44-52(61)65-45-41-37-33-29-25-22-20-18-16-14-15-17-19-21-24-27-31-35-39-43-51(60)57-48(49(59)42-38-34-30-26-12-10-8-6-4-2)47-66-56-55(64)54(63)53(62)50(46-58)67-56/h12,14-15,26,38,42,48-50,53-56,58-59,62-64H,3-11,13,16-25,27-37,39-41,43-47H2,1-2H3,(H,57,60)/b15-14-,26-12+,42-38+. The Morgan fingerprint density at radius 3 is 1.51 bits per heavy atom. The number of carbonyl (C=O) groups is 2. The summed E-state index contributed by atoms with van der Waals surface area (Å²) in [6.07, 6.45) is 45.3. The van der Waals surface area contributed by atoms with Crippen LogP contribution in [-0.2, 0) is 23.8 Å². The summed E-state index contributed by atoms with van der Waals surface area (Å²) in [4.78, 5) is 25.0. The van der Waals surface area contributed by atoms with E-state index in [4.69, 9.17) is 14.2 Å². The number of ether oxygens (including phenoxy) is 3. The van der Waals surface area contributed by atoms with Gasteiger partial charge in [-0.15, -0.1) is 0 Å². The number of rotatable bonds is 47. The SMILES string of the molecule is CCCCC/C=C/CC/C=C/C(O)C(COC1OC(CO)C(O)C(O)C1O)NC(=O)CCCCCCCCC/C=C\CCCCCCCCCCOC(=O)CCCCCCCCCCCCC. The largest absolute Gasteiger partial charge is 0.466 e. The van der Waals surface area contributed by atoms with Crippen LogP contribution in [-0.4, -0.2) is 100 Å². The number of unbranched alkanes of at least 4 members (excludes halogenated alkanes) is 29. The number of hydrogen-bond acceptors (Lipinski definition) is 10. The third-order valence-corrected chi connectivity index (χ3v) is 13.0. The van der Waals surface area contributed by atoms with Crippen LogP contribution in [0.15, 0.2) is 36.5 Å². The van der Waals surface area contributed by atoms with Gasteiger partial charge in [0.25, 0.3) is 0 Å². The number of carbonyl (C=O) groups excluding carboxylic acids is 2. The predicted molar refractivity (Wildman–Crippen MR) is 274 cm³/mol. The fourth-order valence-electron chi connectivity index (χ4n) is 8.50. The second-order valence-electron chi connectivity index (χ2n) is 19.3. The molecule has 11 heteroatoms. The zero-order chi connectivity index (χ0) is 48.8. The van der Waals surface area contributed by atoms with Crippen LogP contribution in [0, 0.1) is 0 Å². The Morgan fingerprint density at radius 1 is 0.537 bits per heavy atom. The highest BCUT2D eigenvalue weighted by molar-refractivity contribution is 5.76. The number of hydrogen-bond donors (Lipinski definition) is 6. The van der Waals surface area contributed by atoms with E-state index in [1.54, 1.807) is 6.08 Å². The lowest BCUT2D eigenvalue weighted by Crippen LogP contribution is -2.60. The summed E-state index contributed by atoms with van der Waals surface area (Å²) in [5.41, 5.74) is 0.